The standard InChI is InChI=1S/C15H12ClFN2O3S/c1-19-14-5-3-11(6-9(14)8-22-15(19)20)23(21)18-10-2-4-13(17)12(16)7-10/h2-7,18H,8H2,1H3. The molecule has 0 aliphatic carbocycles. The molecule has 1 aliphatic rings. The molecule has 0 fully saturated rings. The minimum atomic E-state index is -1.56. The van der Waals surface area contributed by atoms with Gasteiger partial charge in [0, 0.05) is 18.3 Å². The number of fused-ring (bicyclic) bond motifs is 1. The second-order valence-corrected chi connectivity index (χ2v) is 6.52. The summed E-state index contributed by atoms with van der Waals surface area (Å²) in [4.78, 5) is 13.4. The molecule has 0 radical (unpaired) electrons. The number of ether oxygens (including phenoxy) is 1. The molecule has 1 aliphatic heterocycles. The molecule has 2 aromatic carbocycles. The summed E-state index contributed by atoms with van der Waals surface area (Å²) >= 11 is 5.70. The van der Waals surface area contributed by atoms with Crippen LogP contribution in [0.1, 0.15) is 5.56 Å². The first-order valence-corrected chi connectivity index (χ1v) is 8.15. The number of nitrogens with zero attached hydrogens (tertiary/aromatic N) is 1. The fourth-order valence-corrected chi connectivity index (χ4v) is 3.26. The molecular formula is C15H12ClFN2O3S. The van der Waals surface area contributed by atoms with E-state index in [1.54, 1.807) is 25.2 Å². The number of amides is 1. The number of rotatable bonds is 3. The fourth-order valence-electron chi connectivity index (χ4n) is 2.18. The van der Waals surface area contributed by atoms with Gasteiger partial charge in [-0.3, -0.25) is 4.90 Å². The van der Waals surface area contributed by atoms with Crippen molar-refractivity contribution in [1.82, 2.24) is 0 Å². The highest BCUT2D eigenvalue weighted by Gasteiger charge is 2.23. The van der Waals surface area contributed by atoms with Gasteiger partial charge in [-0.05, 0) is 36.4 Å². The molecular weight excluding hydrogens is 343 g/mol. The van der Waals surface area contributed by atoms with E-state index in [4.69, 9.17) is 16.3 Å². The third-order valence-corrected chi connectivity index (χ3v) is 4.77. The highest BCUT2D eigenvalue weighted by molar-refractivity contribution is 7.86. The van der Waals surface area contributed by atoms with Gasteiger partial charge in [0.15, 0.2) is 0 Å². The number of hydrogen-bond acceptors (Lipinski definition) is 3. The Balaban J connectivity index is 1.83. The van der Waals surface area contributed by atoms with Crippen LogP contribution in [-0.4, -0.2) is 17.3 Å². The van der Waals surface area contributed by atoms with Crippen molar-refractivity contribution in [3.63, 3.8) is 0 Å². The highest BCUT2D eigenvalue weighted by atomic mass is 35.5. The molecule has 5 nitrogen and oxygen atoms in total. The predicted molar refractivity (Wildman–Crippen MR) is 86.5 cm³/mol. The molecule has 1 atom stereocenters. The summed E-state index contributed by atoms with van der Waals surface area (Å²) in [6, 6.07) is 9.08. The van der Waals surface area contributed by atoms with Gasteiger partial charge >= 0.3 is 6.09 Å². The molecule has 0 bridgehead atoms. The Morgan fingerprint density at radius 3 is 2.83 bits per heavy atom. The summed E-state index contributed by atoms with van der Waals surface area (Å²) in [5.41, 5.74) is 1.92. The molecule has 1 heterocycles. The van der Waals surface area contributed by atoms with Crippen LogP contribution in [0.2, 0.25) is 5.02 Å². The topological polar surface area (TPSA) is 58.6 Å². The normalized spacial score (nSPS) is 14.9. The highest BCUT2D eigenvalue weighted by Crippen LogP contribution is 2.28. The lowest BCUT2D eigenvalue weighted by molar-refractivity contribution is 0.143. The molecule has 2 aromatic rings. The fraction of sp³-hybridized carbons (Fsp3) is 0.133. The quantitative estimate of drug-likeness (QED) is 0.914. The first-order chi connectivity index (χ1) is 11.0. The van der Waals surface area contributed by atoms with Crippen LogP contribution in [0.3, 0.4) is 0 Å². The van der Waals surface area contributed by atoms with E-state index in [2.05, 4.69) is 4.72 Å². The molecule has 0 saturated carbocycles. The maximum Gasteiger partial charge on any atom is 0.414 e. The second-order valence-electron chi connectivity index (χ2n) is 4.90. The Hall–Kier alpha value is -2.12. The lowest BCUT2D eigenvalue weighted by atomic mass is 10.1. The Morgan fingerprint density at radius 1 is 1.30 bits per heavy atom. The summed E-state index contributed by atoms with van der Waals surface area (Å²) in [6.45, 7) is 0.131. The van der Waals surface area contributed by atoms with Gasteiger partial charge < -0.3 is 9.46 Å². The zero-order valence-electron chi connectivity index (χ0n) is 12.0. The van der Waals surface area contributed by atoms with E-state index in [9.17, 15) is 13.4 Å². The molecule has 23 heavy (non-hydrogen) atoms. The Kier molecular flexibility index (Phi) is 4.23. The molecule has 3 rings (SSSR count). The van der Waals surface area contributed by atoms with E-state index in [0.29, 0.717) is 16.3 Å². The average molecular weight is 355 g/mol. The lowest BCUT2D eigenvalue weighted by Crippen LogP contribution is -2.31. The number of benzene rings is 2. The van der Waals surface area contributed by atoms with Gasteiger partial charge in [0.05, 0.1) is 15.6 Å². The van der Waals surface area contributed by atoms with Crippen molar-refractivity contribution >= 4 is 40.1 Å². The number of nitrogens with one attached hydrogen (secondary N) is 1. The Labute approximate surface area is 139 Å². The number of carbonyl (C=O) groups is 1. The van der Waals surface area contributed by atoms with Crippen molar-refractivity contribution < 1.29 is 18.1 Å². The van der Waals surface area contributed by atoms with E-state index < -0.39 is 22.9 Å². The number of halogens is 2. The molecule has 1 N–H and O–H groups in total. The van der Waals surface area contributed by atoms with Gasteiger partial charge in [0.2, 0.25) is 0 Å². The zero-order chi connectivity index (χ0) is 16.6. The van der Waals surface area contributed by atoms with E-state index >= 15 is 0 Å². The summed E-state index contributed by atoms with van der Waals surface area (Å²) in [7, 11) is 0.0495. The van der Waals surface area contributed by atoms with Gasteiger partial charge in [-0.25, -0.2) is 13.4 Å². The Bertz CT molecular complexity index is 815. The predicted octanol–water partition coefficient (Wildman–Crippen LogP) is 3.70. The van der Waals surface area contributed by atoms with E-state index in [1.165, 1.54) is 23.1 Å². The maximum atomic E-state index is 13.1. The molecule has 120 valence electrons. The van der Waals surface area contributed by atoms with Gasteiger partial charge in [0.1, 0.15) is 23.4 Å². The van der Waals surface area contributed by atoms with Crippen molar-refractivity contribution in [3.05, 3.63) is 52.8 Å². The SMILES string of the molecule is CN1C(=O)OCc2cc(S(=O)Nc3ccc(F)c(Cl)c3)ccc21. The average Bonchev–Trinajstić information content (AvgIpc) is 2.54. The van der Waals surface area contributed by atoms with Crippen LogP contribution in [0.5, 0.6) is 0 Å². The molecule has 8 heteroatoms. The van der Waals surface area contributed by atoms with E-state index in [0.717, 1.165) is 5.56 Å². The lowest BCUT2D eigenvalue weighted by Gasteiger charge is -2.25. The van der Waals surface area contributed by atoms with E-state index in [1.807, 2.05) is 0 Å². The van der Waals surface area contributed by atoms with Crippen molar-refractivity contribution in [2.75, 3.05) is 16.7 Å². The smallest absolute Gasteiger partial charge is 0.414 e. The van der Waals surface area contributed by atoms with Gasteiger partial charge in [-0.1, -0.05) is 11.6 Å². The number of cyclic esters (lactones) is 1. The first-order valence-electron chi connectivity index (χ1n) is 6.62. The maximum absolute atomic E-state index is 13.1. The summed E-state index contributed by atoms with van der Waals surface area (Å²) in [5.74, 6) is -0.540. The minimum absolute atomic E-state index is 0.0500. The zero-order valence-corrected chi connectivity index (χ0v) is 13.6. The van der Waals surface area contributed by atoms with Crippen LogP contribution in [0, 0.1) is 5.82 Å². The van der Waals surface area contributed by atoms with Crippen molar-refractivity contribution in [2.24, 2.45) is 0 Å². The van der Waals surface area contributed by atoms with Crippen LogP contribution in [-0.2, 0) is 22.3 Å². The summed E-state index contributed by atoms with van der Waals surface area (Å²) in [6.07, 6.45) is -0.426. The second kappa shape index (κ2) is 6.17. The molecule has 0 aromatic heterocycles. The molecule has 0 saturated heterocycles. The number of carbonyl (C=O) groups excluding carboxylic acids is 1. The van der Waals surface area contributed by atoms with Crippen molar-refractivity contribution in [3.8, 4) is 0 Å². The van der Waals surface area contributed by atoms with Gasteiger partial charge in [-0.2, -0.15) is 0 Å². The largest absolute Gasteiger partial charge is 0.444 e. The van der Waals surface area contributed by atoms with Gasteiger partial charge in [0.25, 0.3) is 0 Å². The Morgan fingerprint density at radius 2 is 2.09 bits per heavy atom. The number of anilines is 2. The summed E-state index contributed by atoms with van der Waals surface area (Å²) in [5, 5.41) is -0.0500. The van der Waals surface area contributed by atoms with E-state index in [-0.39, 0.29) is 11.6 Å². The minimum Gasteiger partial charge on any atom is -0.444 e. The van der Waals surface area contributed by atoms with Crippen LogP contribution < -0.4 is 9.62 Å². The molecule has 1 unspecified atom stereocenters. The molecule has 1 amide bonds. The van der Waals surface area contributed by atoms with Crippen LogP contribution in [0.4, 0.5) is 20.6 Å². The molecule has 0 spiro atoms. The third-order valence-electron chi connectivity index (χ3n) is 3.38. The van der Waals surface area contributed by atoms with Crippen molar-refractivity contribution in [2.45, 2.75) is 11.5 Å². The third kappa shape index (κ3) is 3.16. The summed E-state index contributed by atoms with van der Waals surface area (Å²) < 4.78 is 33.3. The van der Waals surface area contributed by atoms with Crippen molar-refractivity contribution in [1.29, 1.82) is 0 Å². The van der Waals surface area contributed by atoms with Crippen LogP contribution in [0.25, 0.3) is 0 Å². The van der Waals surface area contributed by atoms with Crippen LogP contribution in [0.15, 0.2) is 41.3 Å². The number of hydrogen-bond donors (Lipinski definition) is 1. The van der Waals surface area contributed by atoms with Gasteiger partial charge in [-0.15, -0.1) is 0 Å². The monoisotopic (exact) mass is 354 g/mol. The first kappa shape index (κ1) is 15.8. The van der Waals surface area contributed by atoms with Crippen LogP contribution >= 0.6 is 11.6 Å².